The van der Waals surface area contributed by atoms with Gasteiger partial charge in [-0.25, -0.2) is 4.98 Å². The Morgan fingerprint density at radius 1 is 0.926 bits per heavy atom. The molecule has 6 heteroatoms. The lowest BCUT2D eigenvalue weighted by atomic mass is 10.0. The van der Waals surface area contributed by atoms with Crippen LogP contribution in [0.3, 0.4) is 0 Å². The maximum Gasteiger partial charge on any atom is 0.219 e. The number of hydrogen-bond acceptors (Lipinski definition) is 4. The summed E-state index contributed by atoms with van der Waals surface area (Å²) < 4.78 is 7.30. The number of benzene rings is 2. The molecule has 0 bridgehead atoms. The summed E-state index contributed by atoms with van der Waals surface area (Å²) in [7, 11) is 0. The molecule has 0 saturated carbocycles. The summed E-state index contributed by atoms with van der Waals surface area (Å²) in [5.74, 6) is 0.0817. The summed E-state index contributed by atoms with van der Waals surface area (Å²) in [5, 5.41) is 15.6. The number of halogens is 1. The maximum atomic E-state index is 10.7. The average Bonchev–Trinajstić information content (AvgIpc) is 3.16. The van der Waals surface area contributed by atoms with E-state index < -0.39 is 0 Å². The van der Waals surface area contributed by atoms with Crippen LogP contribution in [-0.2, 0) is 24.4 Å². The van der Waals surface area contributed by atoms with E-state index in [2.05, 4.69) is 10.1 Å². The zero-order chi connectivity index (χ0) is 18.6. The van der Waals surface area contributed by atoms with Gasteiger partial charge in [0.25, 0.3) is 0 Å². The first-order valence-electron chi connectivity index (χ1n) is 8.61. The summed E-state index contributed by atoms with van der Waals surface area (Å²) in [4.78, 5) is 4.63. The number of aromatic nitrogens is 3. The van der Waals surface area contributed by atoms with Gasteiger partial charge in [0, 0.05) is 23.1 Å². The van der Waals surface area contributed by atoms with E-state index >= 15 is 0 Å². The number of hydrogen-bond donors (Lipinski definition) is 1. The van der Waals surface area contributed by atoms with Gasteiger partial charge in [0.05, 0.1) is 25.1 Å². The van der Waals surface area contributed by atoms with Crippen LogP contribution in [0, 0.1) is 0 Å². The number of fused-ring (bicyclic) bond motifs is 1. The summed E-state index contributed by atoms with van der Waals surface area (Å²) in [5.41, 5.74) is 4.09. The van der Waals surface area contributed by atoms with Gasteiger partial charge in [-0.3, -0.25) is 0 Å². The molecule has 0 aliphatic heterocycles. The van der Waals surface area contributed by atoms with Crippen molar-refractivity contribution in [3.05, 3.63) is 94.3 Å². The molecule has 0 radical (unpaired) electrons. The fourth-order valence-electron chi connectivity index (χ4n) is 2.95. The molecule has 2 aromatic heterocycles. The van der Waals surface area contributed by atoms with Gasteiger partial charge in [0.1, 0.15) is 0 Å². The second kappa shape index (κ2) is 7.78. The SMILES string of the molecule is Oc1c(Cc2ccc(Cl)cc2)c(COCc2ccccc2)nc2ccnn12. The van der Waals surface area contributed by atoms with Crippen LogP contribution in [0.25, 0.3) is 5.65 Å². The van der Waals surface area contributed by atoms with E-state index in [1.807, 2.05) is 54.6 Å². The van der Waals surface area contributed by atoms with E-state index in [1.165, 1.54) is 4.52 Å². The van der Waals surface area contributed by atoms with E-state index in [9.17, 15) is 5.11 Å². The Hall–Kier alpha value is -2.89. The average molecular weight is 380 g/mol. The molecule has 0 aliphatic carbocycles. The fraction of sp³-hybridized carbons (Fsp3) is 0.143. The van der Waals surface area contributed by atoms with Crippen molar-refractivity contribution in [1.82, 2.24) is 14.6 Å². The van der Waals surface area contributed by atoms with Crippen LogP contribution in [0.15, 0.2) is 66.9 Å². The third kappa shape index (κ3) is 3.94. The van der Waals surface area contributed by atoms with Crippen molar-refractivity contribution >= 4 is 17.2 Å². The van der Waals surface area contributed by atoms with Crippen LogP contribution in [0.4, 0.5) is 0 Å². The van der Waals surface area contributed by atoms with Crippen molar-refractivity contribution in [2.75, 3.05) is 0 Å². The van der Waals surface area contributed by atoms with Crippen LogP contribution < -0.4 is 0 Å². The molecule has 0 amide bonds. The Balaban J connectivity index is 1.62. The Bertz CT molecular complexity index is 1050. The minimum atomic E-state index is 0.0817. The highest BCUT2D eigenvalue weighted by Gasteiger charge is 2.16. The largest absolute Gasteiger partial charge is 0.493 e. The second-order valence-corrected chi connectivity index (χ2v) is 6.68. The third-order valence-corrected chi connectivity index (χ3v) is 4.59. The molecule has 0 aliphatic rings. The van der Waals surface area contributed by atoms with E-state index in [4.69, 9.17) is 16.3 Å². The molecule has 27 heavy (non-hydrogen) atoms. The molecule has 0 saturated heterocycles. The normalized spacial score (nSPS) is 11.1. The van der Waals surface area contributed by atoms with Gasteiger partial charge in [0.15, 0.2) is 5.65 Å². The topological polar surface area (TPSA) is 59.7 Å². The summed E-state index contributed by atoms with van der Waals surface area (Å²) in [6.45, 7) is 0.779. The van der Waals surface area contributed by atoms with Gasteiger partial charge < -0.3 is 9.84 Å². The van der Waals surface area contributed by atoms with E-state index in [0.717, 1.165) is 11.1 Å². The summed E-state index contributed by atoms with van der Waals surface area (Å²) >= 11 is 5.97. The van der Waals surface area contributed by atoms with E-state index in [1.54, 1.807) is 12.3 Å². The van der Waals surface area contributed by atoms with Crippen LogP contribution in [-0.4, -0.2) is 19.7 Å². The molecule has 2 heterocycles. The van der Waals surface area contributed by atoms with Gasteiger partial charge in [-0.05, 0) is 23.3 Å². The number of nitrogens with zero attached hydrogens (tertiary/aromatic N) is 3. The lowest BCUT2D eigenvalue weighted by Gasteiger charge is -2.13. The van der Waals surface area contributed by atoms with Crippen molar-refractivity contribution in [2.45, 2.75) is 19.6 Å². The molecule has 0 spiro atoms. The van der Waals surface area contributed by atoms with Gasteiger partial charge in [-0.1, -0.05) is 54.1 Å². The molecule has 0 unspecified atom stereocenters. The Morgan fingerprint density at radius 2 is 1.70 bits per heavy atom. The molecule has 0 atom stereocenters. The lowest BCUT2D eigenvalue weighted by molar-refractivity contribution is 0.104. The predicted molar refractivity (Wildman–Crippen MR) is 104 cm³/mol. The lowest BCUT2D eigenvalue weighted by Crippen LogP contribution is -2.07. The molecule has 0 fully saturated rings. The smallest absolute Gasteiger partial charge is 0.219 e. The highest BCUT2D eigenvalue weighted by molar-refractivity contribution is 6.30. The van der Waals surface area contributed by atoms with Gasteiger partial charge in [-0.2, -0.15) is 9.61 Å². The molecule has 5 nitrogen and oxygen atoms in total. The highest BCUT2D eigenvalue weighted by Crippen LogP contribution is 2.25. The van der Waals surface area contributed by atoms with Crippen molar-refractivity contribution in [3.8, 4) is 5.88 Å². The zero-order valence-electron chi connectivity index (χ0n) is 14.5. The van der Waals surface area contributed by atoms with Crippen LogP contribution in [0.5, 0.6) is 5.88 Å². The number of rotatable bonds is 6. The van der Waals surface area contributed by atoms with Crippen molar-refractivity contribution < 1.29 is 9.84 Å². The Kier molecular flexibility index (Phi) is 5.05. The summed E-state index contributed by atoms with van der Waals surface area (Å²) in [6.07, 6.45) is 2.12. The molecular formula is C21H18ClN3O2. The van der Waals surface area contributed by atoms with Gasteiger partial charge >= 0.3 is 0 Å². The third-order valence-electron chi connectivity index (χ3n) is 4.34. The predicted octanol–water partition coefficient (Wildman–Crippen LogP) is 4.40. The minimum absolute atomic E-state index is 0.0817. The Labute approximate surface area is 161 Å². The number of ether oxygens (including phenoxy) is 1. The van der Waals surface area contributed by atoms with Gasteiger partial charge in [-0.15, -0.1) is 0 Å². The van der Waals surface area contributed by atoms with Crippen molar-refractivity contribution in [1.29, 1.82) is 0 Å². The highest BCUT2D eigenvalue weighted by atomic mass is 35.5. The quantitative estimate of drug-likeness (QED) is 0.539. The van der Waals surface area contributed by atoms with Crippen LogP contribution in [0.2, 0.25) is 5.02 Å². The maximum absolute atomic E-state index is 10.7. The van der Waals surface area contributed by atoms with Crippen LogP contribution in [0.1, 0.15) is 22.4 Å². The molecular weight excluding hydrogens is 362 g/mol. The van der Waals surface area contributed by atoms with Crippen molar-refractivity contribution in [3.63, 3.8) is 0 Å². The zero-order valence-corrected chi connectivity index (χ0v) is 15.3. The summed E-state index contributed by atoms with van der Waals surface area (Å²) in [6, 6.07) is 19.2. The monoisotopic (exact) mass is 379 g/mol. The molecule has 4 rings (SSSR count). The molecule has 4 aromatic rings. The Morgan fingerprint density at radius 3 is 2.48 bits per heavy atom. The first kappa shape index (κ1) is 17.5. The molecule has 1 N–H and O–H groups in total. The van der Waals surface area contributed by atoms with Crippen LogP contribution >= 0.6 is 11.6 Å². The first-order chi connectivity index (χ1) is 13.2. The van der Waals surface area contributed by atoms with Crippen molar-refractivity contribution in [2.24, 2.45) is 0 Å². The van der Waals surface area contributed by atoms with E-state index in [0.29, 0.717) is 41.6 Å². The molecule has 2 aromatic carbocycles. The first-order valence-corrected chi connectivity index (χ1v) is 8.99. The fourth-order valence-corrected chi connectivity index (χ4v) is 3.08. The minimum Gasteiger partial charge on any atom is -0.493 e. The van der Waals surface area contributed by atoms with E-state index in [-0.39, 0.29) is 5.88 Å². The molecule has 136 valence electrons. The number of aromatic hydroxyl groups is 1. The standard InChI is InChI=1S/C21H18ClN3O2/c22-17-8-6-15(7-9-17)12-18-19(14-27-13-16-4-2-1-3-5-16)24-20-10-11-23-25(20)21(18)26/h1-11,26H,12-14H2. The van der Waals surface area contributed by atoms with Gasteiger partial charge in [0.2, 0.25) is 5.88 Å². The second-order valence-electron chi connectivity index (χ2n) is 6.24.